The van der Waals surface area contributed by atoms with Crippen molar-refractivity contribution in [2.24, 2.45) is 11.8 Å². The maximum Gasteiger partial charge on any atom is 0.159 e. The van der Waals surface area contributed by atoms with Gasteiger partial charge in [-0.3, -0.25) is 0 Å². The Hall–Kier alpha value is -2.86. The third-order valence-corrected chi connectivity index (χ3v) is 9.58. The van der Waals surface area contributed by atoms with Gasteiger partial charge in [0.15, 0.2) is 6.29 Å². The molecule has 2 aliphatic heterocycles. The number of piperidine rings is 1. The Labute approximate surface area is 245 Å². The summed E-state index contributed by atoms with van der Waals surface area (Å²) in [6.07, 6.45) is 8.81. The number of hydrogen-bond acceptors (Lipinski definition) is 5. The summed E-state index contributed by atoms with van der Waals surface area (Å²) in [4.78, 5) is 2.50. The summed E-state index contributed by atoms with van der Waals surface area (Å²) in [5, 5.41) is 0. The molecule has 5 nitrogen and oxygen atoms in total. The van der Waals surface area contributed by atoms with E-state index in [1.165, 1.54) is 60.0 Å². The van der Waals surface area contributed by atoms with Gasteiger partial charge in [0, 0.05) is 44.8 Å². The minimum atomic E-state index is -0.105. The number of rotatable bonds is 9. The van der Waals surface area contributed by atoms with E-state index in [0.717, 1.165) is 31.7 Å². The zero-order valence-electron chi connectivity index (χ0n) is 24.7. The molecule has 1 saturated carbocycles. The number of ether oxygens (including phenoxy) is 4. The van der Waals surface area contributed by atoms with Crippen molar-refractivity contribution in [3.05, 3.63) is 95.1 Å². The molecule has 2 atom stereocenters. The molecule has 0 bridgehead atoms. The van der Waals surface area contributed by atoms with Crippen molar-refractivity contribution < 1.29 is 18.9 Å². The van der Waals surface area contributed by atoms with Crippen LogP contribution in [-0.2, 0) is 27.4 Å². The highest BCUT2D eigenvalue weighted by Crippen LogP contribution is 2.44. The van der Waals surface area contributed by atoms with Crippen LogP contribution in [0.25, 0.3) is 0 Å². The molecular weight excluding hydrogens is 510 g/mol. The summed E-state index contributed by atoms with van der Waals surface area (Å²) >= 11 is 0. The fourth-order valence-electron chi connectivity index (χ4n) is 7.34. The van der Waals surface area contributed by atoms with E-state index < -0.39 is 0 Å². The summed E-state index contributed by atoms with van der Waals surface area (Å²) in [7, 11) is 3.48. The molecule has 5 heteroatoms. The highest BCUT2D eigenvalue weighted by molar-refractivity contribution is 5.51. The molecule has 1 aliphatic carbocycles. The second-order valence-electron chi connectivity index (χ2n) is 12.0. The minimum absolute atomic E-state index is 0.105. The Morgan fingerprint density at radius 1 is 0.829 bits per heavy atom. The molecule has 218 valence electrons. The van der Waals surface area contributed by atoms with E-state index >= 15 is 0 Å². The molecule has 1 saturated heterocycles. The van der Waals surface area contributed by atoms with Crippen LogP contribution in [0.5, 0.6) is 5.75 Å². The lowest BCUT2D eigenvalue weighted by atomic mass is 9.73. The first kappa shape index (κ1) is 28.3. The highest BCUT2D eigenvalue weighted by atomic mass is 16.7. The van der Waals surface area contributed by atoms with E-state index in [9.17, 15) is 0 Å². The van der Waals surface area contributed by atoms with Crippen LogP contribution in [0.3, 0.4) is 0 Å². The summed E-state index contributed by atoms with van der Waals surface area (Å²) in [5.74, 6) is 2.22. The number of hydrogen-bond donors (Lipinski definition) is 0. The molecule has 0 aromatic heterocycles. The van der Waals surface area contributed by atoms with E-state index in [4.69, 9.17) is 18.9 Å². The van der Waals surface area contributed by atoms with Gasteiger partial charge in [0.1, 0.15) is 12.4 Å². The van der Waals surface area contributed by atoms with Gasteiger partial charge in [0.25, 0.3) is 0 Å². The largest absolute Gasteiger partial charge is 0.489 e. The van der Waals surface area contributed by atoms with Crippen LogP contribution < -0.4 is 9.64 Å². The van der Waals surface area contributed by atoms with Crippen LogP contribution in [-0.4, -0.2) is 39.7 Å². The third kappa shape index (κ3) is 6.48. The topological polar surface area (TPSA) is 40.2 Å². The third-order valence-electron chi connectivity index (χ3n) is 9.58. The minimum Gasteiger partial charge on any atom is -0.489 e. The molecule has 0 spiro atoms. The molecule has 3 aromatic carbocycles. The Morgan fingerprint density at radius 2 is 1.56 bits per heavy atom. The molecule has 0 N–H and O–H groups in total. The van der Waals surface area contributed by atoms with Crippen LogP contribution in [0, 0.1) is 11.8 Å². The van der Waals surface area contributed by atoms with Gasteiger partial charge in [-0.1, -0.05) is 67.8 Å². The Morgan fingerprint density at radius 3 is 2.27 bits per heavy atom. The fourth-order valence-corrected chi connectivity index (χ4v) is 7.34. The Bertz CT molecular complexity index is 1230. The van der Waals surface area contributed by atoms with Crippen molar-refractivity contribution in [2.45, 2.75) is 76.5 Å². The zero-order chi connectivity index (χ0) is 28.0. The zero-order valence-corrected chi connectivity index (χ0v) is 24.7. The second kappa shape index (κ2) is 13.4. The smallest absolute Gasteiger partial charge is 0.159 e. The molecule has 0 radical (unpaired) electrons. The lowest BCUT2D eigenvalue weighted by Gasteiger charge is -2.40. The van der Waals surface area contributed by atoms with Gasteiger partial charge in [-0.15, -0.1) is 0 Å². The molecule has 6 rings (SSSR count). The van der Waals surface area contributed by atoms with Crippen LogP contribution in [0.1, 0.15) is 73.1 Å². The van der Waals surface area contributed by atoms with Crippen molar-refractivity contribution in [3.8, 4) is 5.75 Å². The van der Waals surface area contributed by atoms with Crippen molar-refractivity contribution in [1.82, 2.24) is 0 Å². The molecule has 2 unspecified atom stereocenters. The average molecular weight is 556 g/mol. The first-order chi connectivity index (χ1) is 20.2. The molecule has 2 heterocycles. The average Bonchev–Trinajstić information content (AvgIpc) is 3.05. The standard InChI is InChI=1S/C36H45NO4/c1-38-36(39-2)29-19-21-37(22-20-29)31-15-13-27(14-16-31)34-33-18-17-32(40-24-26-9-5-3-6-10-26)23-30(33)25-41-35(34)28-11-7-4-8-12-28/h3,5-6,9-10,13-18,23,28-29,34-36H,4,7-8,11-12,19-22,24-25H2,1-2H3. The van der Waals surface area contributed by atoms with E-state index in [1.54, 1.807) is 14.2 Å². The molecular formula is C36H45NO4. The van der Waals surface area contributed by atoms with Gasteiger partial charge in [0.2, 0.25) is 0 Å². The number of fused-ring (bicyclic) bond motifs is 1. The van der Waals surface area contributed by atoms with Crippen molar-refractivity contribution in [2.75, 3.05) is 32.2 Å². The van der Waals surface area contributed by atoms with E-state index in [1.807, 2.05) is 6.07 Å². The molecule has 0 amide bonds. The van der Waals surface area contributed by atoms with Crippen molar-refractivity contribution in [3.63, 3.8) is 0 Å². The molecule has 3 aliphatic rings. The maximum atomic E-state index is 6.74. The lowest BCUT2D eigenvalue weighted by molar-refractivity contribution is -0.141. The molecule has 2 fully saturated rings. The number of benzene rings is 3. The summed E-state index contributed by atoms with van der Waals surface area (Å²) in [6.45, 7) is 3.29. The van der Waals surface area contributed by atoms with E-state index in [-0.39, 0.29) is 18.3 Å². The first-order valence-corrected chi connectivity index (χ1v) is 15.5. The van der Waals surface area contributed by atoms with E-state index in [2.05, 4.69) is 71.6 Å². The molecule has 41 heavy (non-hydrogen) atoms. The van der Waals surface area contributed by atoms with Crippen LogP contribution >= 0.6 is 0 Å². The number of anilines is 1. The van der Waals surface area contributed by atoms with Gasteiger partial charge in [-0.25, -0.2) is 0 Å². The fraction of sp³-hybridized carbons (Fsp3) is 0.500. The van der Waals surface area contributed by atoms with Gasteiger partial charge in [0.05, 0.1) is 12.7 Å². The van der Waals surface area contributed by atoms with Gasteiger partial charge >= 0.3 is 0 Å². The number of methoxy groups -OCH3 is 2. The quantitative estimate of drug-likeness (QED) is 0.253. The summed E-state index contributed by atoms with van der Waals surface area (Å²) in [5.41, 5.74) is 6.49. The number of nitrogens with zero attached hydrogens (tertiary/aromatic N) is 1. The predicted molar refractivity (Wildman–Crippen MR) is 163 cm³/mol. The SMILES string of the molecule is COC(OC)C1CCN(c2ccc(C3c4ccc(OCc5ccccc5)cc4COC3C3CCCCC3)cc2)CC1. The Kier molecular flexibility index (Phi) is 9.25. The lowest BCUT2D eigenvalue weighted by Crippen LogP contribution is -2.39. The predicted octanol–water partition coefficient (Wildman–Crippen LogP) is 7.71. The van der Waals surface area contributed by atoms with Crippen molar-refractivity contribution >= 4 is 5.69 Å². The van der Waals surface area contributed by atoms with Crippen LogP contribution in [0.15, 0.2) is 72.8 Å². The van der Waals surface area contributed by atoms with Gasteiger partial charge in [-0.2, -0.15) is 0 Å². The second-order valence-corrected chi connectivity index (χ2v) is 12.0. The summed E-state index contributed by atoms with van der Waals surface area (Å²) < 4.78 is 24.0. The van der Waals surface area contributed by atoms with Gasteiger partial charge in [-0.05, 0) is 78.1 Å². The van der Waals surface area contributed by atoms with Gasteiger partial charge < -0.3 is 23.8 Å². The van der Waals surface area contributed by atoms with Crippen LogP contribution in [0.4, 0.5) is 5.69 Å². The normalized spacial score (nSPS) is 22.1. The highest BCUT2D eigenvalue weighted by Gasteiger charge is 2.38. The first-order valence-electron chi connectivity index (χ1n) is 15.5. The van der Waals surface area contributed by atoms with Crippen LogP contribution in [0.2, 0.25) is 0 Å². The maximum absolute atomic E-state index is 6.74. The van der Waals surface area contributed by atoms with Crippen molar-refractivity contribution in [1.29, 1.82) is 0 Å². The summed E-state index contributed by atoms with van der Waals surface area (Å²) in [6, 6.07) is 26.4. The Balaban J connectivity index is 1.21. The monoisotopic (exact) mass is 555 g/mol. The van der Waals surface area contributed by atoms with E-state index in [0.29, 0.717) is 25.0 Å². The molecule has 3 aromatic rings.